The van der Waals surface area contributed by atoms with Gasteiger partial charge in [-0.3, -0.25) is 4.79 Å². The number of aromatic nitrogens is 2. The summed E-state index contributed by atoms with van der Waals surface area (Å²) in [7, 11) is 0. The van der Waals surface area contributed by atoms with E-state index in [9.17, 15) is 18.7 Å². The van der Waals surface area contributed by atoms with Crippen LogP contribution in [0.2, 0.25) is 0 Å². The molecule has 0 saturated heterocycles. The number of carbonyl (C=O) groups excluding carboxylic acids is 1. The molecule has 2 aromatic rings. The van der Waals surface area contributed by atoms with Gasteiger partial charge in [0.15, 0.2) is 0 Å². The molecule has 0 radical (unpaired) electrons. The highest BCUT2D eigenvalue weighted by Crippen LogP contribution is 2.44. The van der Waals surface area contributed by atoms with Gasteiger partial charge in [0.25, 0.3) is 5.91 Å². The summed E-state index contributed by atoms with van der Waals surface area (Å²) in [4.78, 5) is 15.9. The van der Waals surface area contributed by atoms with Gasteiger partial charge in [0.2, 0.25) is 0 Å². The molecule has 1 saturated carbocycles. The van der Waals surface area contributed by atoms with Crippen LogP contribution in [-0.2, 0) is 4.79 Å². The van der Waals surface area contributed by atoms with Crippen LogP contribution in [-0.4, -0.2) is 32.1 Å². The number of nitrogens with one attached hydrogen (secondary N) is 1. The normalized spacial score (nSPS) is 17.8. The minimum atomic E-state index is -3.79. The van der Waals surface area contributed by atoms with Crippen LogP contribution in [0.5, 0.6) is 0 Å². The Kier molecular flexibility index (Phi) is 4.13. The van der Waals surface area contributed by atoms with Crippen molar-refractivity contribution in [1.82, 2.24) is 14.9 Å². The maximum Gasteiger partial charge on any atom is 0.352 e. The predicted molar refractivity (Wildman–Crippen MR) is 83.9 cm³/mol. The third-order valence-corrected chi connectivity index (χ3v) is 4.57. The van der Waals surface area contributed by atoms with Crippen LogP contribution >= 0.6 is 0 Å². The van der Waals surface area contributed by atoms with Gasteiger partial charge in [0, 0.05) is 18.1 Å². The zero-order valence-corrected chi connectivity index (χ0v) is 13.2. The fourth-order valence-corrected chi connectivity index (χ4v) is 2.77. The van der Waals surface area contributed by atoms with Gasteiger partial charge in [-0.25, -0.2) is 4.98 Å². The van der Waals surface area contributed by atoms with E-state index >= 15 is 0 Å². The van der Waals surface area contributed by atoms with Gasteiger partial charge in [-0.1, -0.05) is 12.1 Å². The van der Waals surface area contributed by atoms with Crippen LogP contribution in [0.15, 0.2) is 43.0 Å². The quantitative estimate of drug-likeness (QED) is 0.883. The maximum atomic E-state index is 14.2. The molecule has 0 aliphatic heterocycles. The van der Waals surface area contributed by atoms with E-state index in [1.54, 1.807) is 48.4 Å². The maximum absolute atomic E-state index is 14.2. The lowest BCUT2D eigenvalue weighted by atomic mass is 9.75. The summed E-state index contributed by atoms with van der Waals surface area (Å²) >= 11 is 0. The number of aliphatic hydroxyl groups is 1. The third kappa shape index (κ3) is 2.80. The fraction of sp³-hybridized carbons (Fsp3) is 0.412. The summed E-state index contributed by atoms with van der Waals surface area (Å²) in [5.41, 5.74) is -0.712. The SMILES string of the molecule is CC(NC(=O)C(F)(F)C1(O)CCC1)c1cccc(-n2ccnc2)c1. The van der Waals surface area contributed by atoms with Gasteiger partial charge in [-0.05, 0) is 43.9 Å². The number of benzene rings is 1. The van der Waals surface area contributed by atoms with Crippen molar-refractivity contribution in [1.29, 1.82) is 0 Å². The van der Waals surface area contributed by atoms with E-state index in [1.165, 1.54) is 0 Å². The molecule has 1 heterocycles. The predicted octanol–water partition coefficient (Wildman–Crippen LogP) is 2.60. The van der Waals surface area contributed by atoms with Crippen LogP contribution in [0.25, 0.3) is 5.69 Å². The first-order valence-corrected chi connectivity index (χ1v) is 7.83. The standard InChI is InChI=1S/C17H19F2N3O2/c1-12(21-15(23)17(18,19)16(24)6-3-7-16)13-4-2-5-14(10-13)22-9-8-20-11-22/h2,4-5,8-12,24H,3,6-7H2,1H3,(H,21,23). The monoisotopic (exact) mass is 335 g/mol. The second kappa shape index (κ2) is 5.98. The van der Waals surface area contributed by atoms with E-state index in [2.05, 4.69) is 10.3 Å². The van der Waals surface area contributed by atoms with Gasteiger partial charge in [-0.15, -0.1) is 0 Å². The molecule has 1 fully saturated rings. The molecule has 1 amide bonds. The number of carbonyl (C=O) groups is 1. The van der Waals surface area contributed by atoms with Gasteiger partial charge in [0.05, 0.1) is 12.4 Å². The molecular weight excluding hydrogens is 316 g/mol. The first kappa shape index (κ1) is 16.6. The molecule has 1 aliphatic carbocycles. The van der Waals surface area contributed by atoms with Gasteiger partial charge >= 0.3 is 5.92 Å². The van der Waals surface area contributed by atoms with Crippen LogP contribution < -0.4 is 5.32 Å². The molecule has 5 nitrogen and oxygen atoms in total. The highest BCUT2D eigenvalue weighted by molar-refractivity contribution is 5.85. The molecule has 2 N–H and O–H groups in total. The van der Waals surface area contributed by atoms with Crippen LogP contribution in [0.4, 0.5) is 8.78 Å². The summed E-state index contributed by atoms with van der Waals surface area (Å²) in [5.74, 6) is -5.23. The summed E-state index contributed by atoms with van der Waals surface area (Å²) in [6.07, 6.45) is 5.42. The molecule has 1 atom stereocenters. The summed E-state index contributed by atoms with van der Waals surface area (Å²) in [6.45, 7) is 1.63. The topological polar surface area (TPSA) is 67.2 Å². The van der Waals surface area contributed by atoms with Gasteiger partial charge in [-0.2, -0.15) is 8.78 Å². The van der Waals surface area contributed by atoms with Gasteiger partial charge < -0.3 is 15.0 Å². The fourth-order valence-electron chi connectivity index (χ4n) is 2.77. The van der Waals surface area contributed by atoms with Crippen molar-refractivity contribution in [2.45, 2.75) is 43.8 Å². The Balaban J connectivity index is 1.74. The van der Waals surface area contributed by atoms with Crippen molar-refractivity contribution in [2.24, 2.45) is 0 Å². The molecule has 0 bridgehead atoms. The lowest BCUT2D eigenvalue weighted by molar-refractivity contribution is -0.216. The van der Waals surface area contributed by atoms with Crippen molar-refractivity contribution in [3.63, 3.8) is 0 Å². The lowest BCUT2D eigenvalue weighted by Crippen LogP contribution is -2.60. The Hall–Kier alpha value is -2.28. The lowest BCUT2D eigenvalue weighted by Gasteiger charge is -2.41. The number of imidazole rings is 1. The first-order chi connectivity index (χ1) is 11.3. The Bertz CT molecular complexity index is 727. The van der Waals surface area contributed by atoms with E-state index in [0.717, 1.165) is 5.69 Å². The van der Waals surface area contributed by atoms with Crippen molar-refractivity contribution in [3.05, 3.63) is 48.5 Å². The van der Waals surface area contributed by atoms with Crippen molar-refractivity contribution < 1.29 is 18.7 Å². The molecule has 24 heavy (non-hydrogen) atoms. The van der Waals surface area contributed by atoms with E-state index in [4.69, 9.17) is 0 Å². The number of alkyl halides is 2. The summed E-state index contributed by atoms with van der Waals surface area (Å²) < 4.78 is 30.1. The summed E-state index contributed by atoms with van der Waals surface area (Å²) in [6, 6.07) is 6.57. The van der Waals surface area contributed by atoms with Crippen molar-refractivity contribution in [3.8, 4) is 5.69 Å². The highest BCUT2D eigenvalue weighted by Gasteiger charge is 2.61. The second-order valence-electron chi connectivity index (χ2n) is 6.22. The summed E-state index contributed by atoms with van der Waals surface area (Å²) in [5, 5.41) is 12.1. The van der Waals surface area contributed by atoms with Gasteiger partial charge in [0.1, 0.15) is 5.60 Å². The number of halogens is 2. The van der Waals surface area contributed by atoms with Crippen LogP contribution in [0.1, 0.15) is 37.8 Å². The second-order valence-corrected chi connectivity index (χ2v) is 6.22. The zero-order valence-electron chi connectivity index (χ0n) is 13.2. The highest BCUT2D eigenvalue weighted by atomic mass is 19.3. The molecular formula is C17H19F2N3O2. The average molecular weight is 335 g/mol. The number of amides is 1. The third-order valence-electron chi connectivity index (χ3n) is 4.57. The van der Waals surface area contributed by atoms with E-state index < -0.39 is 23.5 Å². The Morgan fingerprint density at radius 1 is 1.46 bits per heavy atom. The molecule has 1 unspecified atom stereocenters. The number of nitrogens with zero attached hydrogens (tertiary/aromatic N) is 2. The molecule has 0 spiro atoms. The number of hydrogen-bond donors (Lipinski definition) is 2. The van der Waals surface area contributed by atoms with Crippen molar-refractivity contribution >= 4 is 5.91 Å². The smallest absolute Gasteiger partial charge is 0.352 e. The Morgan fingerprint density at radius 2 is 2.21 bits per heavy atom. The molecule has 1 aromatic heterocycles. The molecule has 1 aromatic carbocycles. The number of hydrogen-bond acceptors (Lipinski definition) is 3. The van der Waals surface area contributed by atoms with Crippen LogP contribution in [0, 0.1) is 0 Å². The average Bonchev–Trinajstić information content (AvgIpc) is 3.06. The molecule has 3 rings (SSSR count). The minimum Gasteiger partial charge on any atom is -0.383 e. The van der Waals surface area contributed by atoms with E-state index in [-0.39, 0.29) is 12.8 Å². The van der Waals surface area contributed by atoms with Crippen molar-refractivity contribution in [2.75, 3.05) is 0 Å². The first-order valence-electron chi connectivity index (χ1n) is 7.83. The molecule has 1 aliphatic rings. The largest absolute Gasteiger partial charge is 0.383 e. The van der Waals surface area contributed by atoms with E-state index in [0.29, 0.717) is 12.0 Å². The molecule has 128 valence electrons. The zero-order chi connectivity index (χ0) is 17.4. The van der Waals surface area contributed by atoms with Crippen LogP contribution in [0.3, 0.4) is 0 Å². The minimum absolute atomic E-state index is 0.0576. The Morgan fingerprint density at radius 3 is 2.79 bits per heavy atom. The number of rotatable bonds is 5. The Labute approximate surface area is 138 Å². The van der Waals surface area contributed by atoms with E-state index in [1.807, 2.05) is 6.07 Å². The molecule has 7 heteroatoms.